The van der Waals surface area contributed by atoms with Gasteiger partial charge in [0.05, 0.1) is 18.2 Å². The summed E-state index contributed by atoms with van der Waals surface area (Å²) in [5.41, 5.74) is 1.96. The first kappa shape index (κ1) is 19.3. The minimum absolute atomic E-state index is 0.273. The van der Waals surface area contributed by atoms with E-state index in [1.165, 1.54) is 11.8 Å². The van der Waals surface area contributed by atoms with Crippen LogP contribution in [0.3, 0.4) is 0 Å². The molecule has 1 heterocycles. The Morgan fingerprint density at radius 2 is 2.07 bits per heavy atom. The van der Waals surface area contributed by atoms with Crippen molar-refractivity contribution in [1.82, 2.24) is 14.8 Å². The number of carbonyl (C=O) groups is 1. The van der Waals surface area contributed by atoms with Crippen LogP contribution >= 0.6 is 23.4 Å². The molecule has 0 saturated carbocycles. The molecule has 0 aliphatic carbocycles. The number of rotatable bonds is 7. The second-order valence-corrected chi connectivity index (χ2v) is 7.07. The van der Waals surface area contributed by atoms with E-state index in [1.807, 2.05) is 17.6 Å². The van der Waals surface area contributed by atoms with Crippen molar-refractivity contribution < 1.29 is 14.6 Å². The van der Waals surface area contributed by atoms with E-state index in [-0.39, 0.29) is 5.56 Å². The van der Waals surface area contributed by atoms with Gasteiger partial charge in [-0.1, -0.05) is 35.5 Å². The Bertz CT molecular complexity index is 975. The highest BCUT2D eigenvalue weighted by Gasteiger charge is 2.17. The van der Waals surface area contributed by atoms with Gasteiger partial charge in [-0.15, -0.1) is 10.2 Å². The third kappa shape index (κ3) is 4.26. The first-order chi connectivity index (χ1) is 13.0. The lowest BCUT2D eigenvalue weighted by Gasteiger charge is -2.11. The fourth-order valence-electron chi connectivity index (χ4n) is 2.68. The molecule has 0 aliphatic heterocycles. The maximum absolute atomic E-state index is 11.1. The number of aromatic nitrogens is 3. The Morgan fingerprint density at radius 1 is 1.26 bits per heavy atom. The van der Waals surface area contributed by atoms with Crippen molar-refractivity contribution in [2.75, 3.05) is 7.11 Å². The highest BCUT2D eigenvalue weighted by Crippen LogP contribution is 2.33. The van der Waals surface area contributed by atoms with Crippen LogP contribution in [-0.2, 0) is 12.3 Å². The molecule has 0 atom stereocenters. The minimum atomic E-state index is -0.936. The molecule has 6 nitrogen and oxygen atoms in total. The van der Waals surface area contributed by atoms with Gasteiger partial charge < -0.3 is 14.4 Å². The molecule has 0 spiro atoms. The zero-order valence-corrected chi connectivity index (χ0v) is 16.4. The van der Waals surface area contributed by atoms with Gasteiger partial charge in [0.25, 0.3) is 0 Å². The summed E-state index contributed by atoms with van der Waals surface area (Å²) in [7, 11) is 1.60. The summed E-state index contributed by atoms with van der Waals surface area (Å²) < 4.78 is 7.41. The summed E-state index contributed by atoms with van der Waals surface area (Å²) >= 11 is 7.64. The van der Waals surface area contributed by atoms with Crippen LogP contribution in [0, 0.1) is 0 Å². The van der Waals surface area contributed by atoms with Gasteiger partial charge >= 0.3 is 5.97 Å². The number of carboxylic acid groups (broad SMARTS) is 1. The largest absolute Gasteiger partial charge is 0.496 e. The van der Waals surface area contributed by atoms with Crippen molar-refractivity contribution in [2.45, 2.75) is 24.4 Å². The normalized spacial score (nSPS) is 10.8. The van der Waals surface area contributed by atoms with E-state index in [9.17, 15) is 4.79 Å². The predicted molar refractivity (Wildman–Crippen MR) is 106 cm³/mol. The van der Waals surface area contributed by atoms with Crippen LogP contribution in [0.1, 0.15) is 22.8 Å². The van der Waals surface area contributed by atoms with E-state index in [1.54, 1.807) is 43.5 Å². The quantitative estimate of drug-likeness (QED) is 0.580. The van der Waals surface area contributed by atoms with Crippen molar-refractivity contribution in [3.05, 3.63) is 58.6 Å². The number of ether oxygens (including phenoxy) is 1. The topological polar surface area (TPSA) is 77.2 Å². The van der Waals surface area contributed by atoms with Crippen LogP contribution in [0.4, 0.5) is 0 Å². The van der Waals surface area contributed by atoms with Crippen molar-refractivity contribution in [3.63, 3.8) is 0 Å². The molecule has 0 saturated heterocycles. The Balaban J connectivity index is 1.88. The highest BCUT2D eigenvalue weighted by molar-refractivity contribution is 7.98. The summed E-state index contributed by atoms with van der Waals surface area (Å²) in [4.78, 5) is 11.1. The van der Waals surface area contributed by atoms with E-state index in [0.29, 0.717) is 28.9 Å². The summed E-state index contributed by atoms with van der Waals surface area (Å²) in [5.74, 6) is 1.01. The molecule has 0 bridgehead atoms. The third-order valence-corrected chi connectivity index (χ3v) is 5.25. The molecule has 0 aliphatic rings. The van der Waals surface area contributed by atoms with E-state index in [2.05, 4.69) is 10.2 Å². The monoisotopic (exact) mass is 403 g/mol. The molecule has 8 heteroatoms. The van der Waals surface area contributed by atoms with Gasteiger partial charge in [0.15, 0.2) is 11.0 Å². The first-order valence-corrected chi connectivity index (χ1v) is 9.62. The molecule has 27 heavy (non-hydrogen) atoms. The number of aromatic carboxylic acids is 1. The zero-order chi connectivity index (χ0) is 19.4. The van der Waals surface area contributed by atoms with Gasteiger partial charge in [-0.2, -0.15) is 0 Å². The number of halogens is 1. The molecule has 0 radical (unpaired) electrons. The Kier molecular flexibility index (Phi) is 6.03. The fourth-order valence-corrected chi connectivity index (χ4v) is 3.79. The lowest BCUT2D eigenvalue weighted by Crippen LogP contribution is -2.01. The molecular formula is C19H18ClN3O3S. The van der Waals surface area contributed by atoms with Gasteiger partial charge in [-0.05, 0) is 42.8 Å². The maximum Gasteiger partial charge on any atom is 0.335 e. The van der Waals surface area contributed by atoms with Crippen LogP contribution in [-0.4, -0.2) is 33.0 Å². The summed E-state index contributed by atoms with van der Waals surface area (Å²) in [5, 5.41) is 19.1. The van der Waals surface area contributed by atoms with Gasteiger partial charge in [0.2, 0.25) is 0 Å². The Labute approximate surface area is 166 Å². The molecule has 1 aromatic heterocycles. The number of hydrogen-bond acceptors (Lipinski definition) is 5. The van der Waals surface area contributed by atoms with Gasteiger partial charge in [0.1, 0.15) is 5.75 Å². The number of nitrogens with zero attached hydrogens (tertiary/aromatic N) is 3. The molecule has 1 N–H and O–H groups in total. The molecule has 0 unspecified atom stereocenters. The lowest BCUT2D eigenvalue weighted by atomic mass is 10.1. The average Bonchev–Trinajstić information content (AvgIpc) is 3.09. The number of hydrogen-bond donors (Lipinski definition) is 1. The van der Waals surface area contributed by atoms with E-state index >= 15 is 0 Å². The van der Waals surface area contributed by atoms with Crippen LogP contribution in [0.5, 0.6) is 5.75 Å². The molecular weight excluding hydrogens is 386 g/mol. The number of carboxylic acids is 1. The molecule has 3 aromatic rings. The molecule has 2 aromatic carbocycles. The zero-order valence-electron chi connectivity index (χ0n) is 14.8. The molecule has 0 fully saturated rings. The van der Waals surface area contributed by atoms with Crippen LogP contribution in [0.15, 0.2) is 47.6 Å². The third-order valence-electron chi connectivity index (χ3n) is 3.98. The number of methoxy groups -OCH3 is 1. The maximum atomic E-state index is 11.1. The van der Waals surface area contributed by atoms with Gasteiger partial charge in [-0.25, -0.2) is 4.79 Å². The summed E-state index contributed by atoms with van der Waals surface area (Å²) in [6.45, 7) is 2.69. The summed E-state index contributed by atoms with van der Waals surface area (Å²) in [6, 6.07) is 12.3. The van der Waals surface area contributed by atoms with Crippen LogP contribution < -0.4 is 4.74 Å². The number of benzene rings is 2. The first-order valence-electron chi connectivity index (χ1n) is 8.25. The minimum Gasteiger partial charge on any atom is -0.496 e. The Hall–Kier alpha value is -2.51. The number of thioether (sulfide) groups is 1. The SMILES string of the molecule is CCn1c(SCc2cccc(C(=O)O)c2)nnc1-c1cc(Cl)ccc1OC. The molecule has 140 valence electrons. The molecule has 3 rings (SSSR count). The standard InChI is InChI=1S/C19H18ClN3O3S/c1-3-23-17(15-10-14(20)7-8-16(15)26-2)21-22-19(23)27-11-12-5-4-6-13(9-12)18(24)25/h4-10H,3,11H2,1-2H3,(H,24,25). The van der Waals surface area contributed by atoms with Crippen molar-refractivity contribution in [3.8, 4) is 17.1 Å². The van der Waals surface area contributed by atoms with E-state index in [0.717, 1.165) is 16.3 Å². The second kappa shape index (κ2) is 8.45. The molecule has 0 amide bonds. The van der Waals surface area contributed by atoms with Crippen molar-refractivity contribution in [2.24, 2.45) is 0 Å². The van der Waals surface area contributed by atoms with Crippen LogP contribution in [0.2, 0.25) is 5.02 Å². The average molecular weight is 404 g/mol. The van der Waals surface area contributed by atoms with E-state index in [4.69, 9.17) is 21.4 Å². The van der Waals surface area contributed by atoms with Gasteiger partial charge in [0, 0.05) is 17.3 Å². The smallest absolute Gasteiger partial charge is 0.335 e. The second-order valence-electron chi connectivity index (χ2n) is 5.69. The van der Waals surface area contributed by atoms with Crippen molar-refractivity contribution in [1.29, 1.82) is 0 Å². The summed E-state index contributed by atoms with van der Waals surface area (Å²) in [6.07, 6.45) is 0. The predicted octanol–water partition coefficient (Wildman–Crippen LogP) is 4.62. The van der Waals surface area contributed by atoms with Gasteiger partial charge in [-0.3, -0.25) is 0 Å². The van der Waals surface area contributed by atoms with Crippen LogP contribution in [0.25, 0.3) is 11.4 Å². The Morgan fingerprint density at radius 3 is 2.78 bits per heavy atom. The fraction of sp³-hybridized carbons (Fsp3) is 0.211. The van der Waals surface area contributed by atoms with E-state index < -0.39 is 5.97 Å². The highest BCUT2D eigenvalue weighted by atomic mass is 35.5. The lowest BCUT2D eigenvalue weighted by molar-refractivity contribution is 0.0697. The van der Waals surface area contributed by atoms with Crippen molar-refractivity contribution >= 4 is 29.3 Å².